The van der Waals surface area contributed by atoms with Crippen LogP contribution in [0.3, 0.4) is 0 Å². The predicted octanol–water partition coefficient (Wildman–Crippen LogP) is 2.55. The first-order chi connectivity index (χ1) is 8.81. The molecule has 0 spiro atoms. The van der Waals surface area contributed by atoms with E-state index in [-0.39, 0.29) is 0 Å². The van der Waals surface area contributed by atoms with Crippen LogP contribution >= 0.6 is 0 Å². The summed E-state index contributed by atoms with van der Waals surface area (Å²) in [6.45, 7) is 4.98. The van der Waals surface area contributed by atoms with E-state index >= 15 is 0 Å². The summed E-state index contributed by atoms with van der Waals surface area (Å²) in [7, 11) is 0. The maximum Gasteiger partial charge on any atom is 0.134 e. The number of nitrogens with one attached hydrogen (secondary N) is 1. The highest BCUT2D eigenvalue weighted by atomic mass is 16.3. The summed E-state index contributed by atoms with van der Waals surface area (Å²) >= 11 is 0. The molecule has 0 bridgehead atoms. The molecule has 0 aliphatic rings. The first-order valence-electron chi connectivity index (χ1n) is 6.67. The Hall–Kier alpha value is -1.32. The molecule has 3 N–H and O–H groups in total. The molecule has 1 aromatic heterocycles. The summed E-state index contributed by atoms with van der Waals surface area (Å²) in [5.74, 6) is 0.604. The van der Waals surface area contributed by atoms with Crippen molar-refractivity contribution in [3.05, 3.63) is 36.1 Å². The third-order valence-electron chi connectivity index (χ3n) is 3.35. The van der Waals surface area contributed by atoms with Crippen LogP contribution < -0.4 is 11.1 Å². The molecule has 0 aliphatic carbocycles. The molecule has 3 heteroatoms. The maximum absolute atomic E-state index is 5.59. The van der Waals surface area contributed by atoms with E-state index in [9.17, 15) is 0 Å². The van der Waals surface area contributed by atoms with Gasteiger partial charge in [-0.25, -0.2) is 0 Å². The Balaban J connectivity index is 1.77. The van der Waals surface area contributed by atoms with E-state index in [2.05, 4.69) is 24.4 Å². The Morgan fingerprint density at radius 2 is 2.11 bits per heavy atom. The van der Waals surface area contributed by atoms with Crippen LogP contribution in [0.25, 0.3) is 11.0 Å². The van der Waals surface area contributed by atoms with Crippen molar-refractivity contribution < 1.29 is 4.42 Å². The summed E-state index contributed by atoms with van der Waals surface area (Å²) in [6, 6.07) is 8.18. The van der Waals surface area contributed by atoms with Gasteiger partial charge in [-0.1, -0.05) is 25.1 Å². The van der Waals surface area contributed by atoms with Crippen LogP contribution in [0.5, 0.6) is 0 Å². The Labute approximate surface area is 108 Å². The van der Waals surface area contributed by atoms with Gasteiger partial charge in [0.25, 0.3) is 0 Å². The van der Waals surface area contributed by atoms with Crippen LogP contribution in [0.4, 0.5) is 0 Å². The minimum Gasteiger partial charge on any atom is -0.464 e. The Morgan fingerprint density at radius 1 is 1.28 bits per heavy atom. The standard InChI is InChI=1S/C15H22N2O/c1-12(10-16)6-8-17-9-7-13-11-18-15-5-3-2-4-14(13)15/h2-5,11-12,17H,6-10,16H2,1H3. The zero-order valence-electron chi connectivity index (χ0n) is 11.0. The van der Waals surface area contributed by atoms with Gasteiger partial charge in [0, 0.05) is 5.39 Å². The molecule has 2 aromatic rings. The van der Waals surface area contributed by atoms with Crippen LogP contribution in [0, 0.1) is 5.92 Å². The lowest BCUT2D eigenvalue weighted by Crippen LogP contribution is -2.22. The lowest BCUT2D eigenvalue weighted by molar-refractivity contribution is 0.510. The van der Waals surface area contributed by atoms with Gasteiger partial charge in [-0.05, 0) is 50.0 Å². The summed E-state index contributed by atoms with van der Waals surface area (Å²) < 4.78 is 5.52. The predicted molar refractivity (Wildman–Crippen MR) is 75.6 cm³/mol. The lowest BCUT2D eigenvalue weighted by Gasteiger charge is -2.08. The average molecular weight is 246 g/mol. The van der Waals surface area contributed by atoms with E-state index in [0.717, 1.165) is 38.1 Å². The number of hydrogen-bond donors (Lipinski definition) is 2. The second-order valence-electron chi connectivity index (χ2n) is 4.89. The Kier molecular flexibility index (Phi) is 4.79. The summed E-state index contributed by atoms with van der Waals surface area (Å²) in [4.78, 5) is 0. The molecule has 0 saturated heterocycles. The smallest absolute Gasteiger partial charge is 0.134 e. The molecule has 1 unspecified atom stereocenters. The lowest BCUT2D eigenvalue weighted by atomic mass is 10.1. The molecule has 18 heavy (non-hydrogen) atoms. The number of nitrogens with two attached hydrogens (primary N) is 1. The fourth-order valence-electron chi connectivity index (χ4n) is 2.04. The van der Waals surface area contributed by atoms with Gasteiger partial charge in [-0.2, -0.15) is 0 Å². The molecule has 0 radical (unpaired) electrons. The van der Waals surface area contributed by atoms with Crippen molar-refractivity contribution in [3.8, 4) is 0 Å². The molecule has 98 valence electrons. The number of hydrogen-bond acceptors (Lipinski definition) is 3. The third kappa shape index (κ3) is 3.34. The second-order valence-corrected chi connectivity index (χ2v) is 4.89. The molecule has 1 heterocycles. The third-order valence-corrected chi connectivity index (χ3v) is 3.35. The van der Waals surface area contributed by atoms with Gasteiger partial charge in [-0.3, -0.25) is 0 Å². The highest BCUT2D eigenvalue weighted by molar-refractivity contribution is 5.80. The normalized spacial score (nSPS) is 13.0. The monoisotopic (exact) mass is 246 g/mol. The number of furan rings is 1. The Bertz CT molecular complexity index is 478. The van der Waals surface area contributed by atoms with E-state index in [1.807, 2.05) is 18.4 Å². The van der Waals surface area contributed by atoms with E-state index in [1.165, 1.54) is 10.9 Å². The first kappa shape index (κ1) is 13.1. The number of rotatable bonds is 7. The summed E-state index contributed by atoms with van der Waals surface area (Å²) in [5, 5.41) is 4.69. The van der Waals surface area contributed by atoms with E-state index in [1.54, 1.807) is 0 Å². The van der Waals surface area contributed by atoms with E-state index < -0.39 is 0 Å². The van der Waals surface area contributed by atoms with Gasteiger partial charge in [-0.15, -0.1) is 0 Å². The maximum atomic E-state index is 5.59. The number of para-hydroxylation sites is 1. The molecule has 0 fully saturated rings. The van der Waals surface area contributed by atoms with E-state index in [4.69, 9.17) is 10.2 Å². The van der Waals surface area contributed by atoms with Crippen molar-refractivity contribution >= 4 is 11.0 Å². The molecular formula is C15H22N2O. The number of benzene rings is 1. The highest BCUT2D eigenvalue weighted by Gasteiger charge is 2.04. The van der Waals surface area contributed by atoms with Crippen molar-refractivity contribution in [2.24, 2.45) is 11.7 Å². The quantitative estimate of drug-likeness (QED) is 0.738. The van der Waals surface area contributed by atoms with Gasteiger partial charge in [0.1, 0.15) is 5.58 Å². The fourth-order valence-corrected chi connectivity index (χ4v) is 2.04. The van der Waals surface area contributed by atoms with Crippen molar-refractivity contribution in [1.29, 1.82) is 0 Å². The zero-order valence-corrected chi connectivity index (χ0v) is 11.0. The fraction of sp³-hybridized carbons (Fsp3) is 0.467. The Morgan fingerprint density at radius 3 is 2.94 bits per heavy atom. The van der Waals surface area contributed by atoms with Crippen LogP contribution in [0.1, 0.15) is 18.9 Å². The first-order valence-corrected chi connectivity index (χ1v) is 6.67. The molecule has 0 amide bonds. The molecule has 1 atom stereocenters. The van der Waals surface area contributed by atoms with Crippen molar-refractivity contribution in [2.45, 2.75) is 19.8 Å². The average Bonchev–Trinajstić information content (AvgIpc) is 2.81. The molecule has 1 aromatic carbocycles. The van der Waals surface area contributed by atoms with Gasteiger partial charge < -0.3 is 15.5 Å². The molecular weight excluding hydrogens is 224 g/mol. The second kappa shape index (κ2) is 6.57. The molecule has 0 aliphatic heterocycles. The van der Waals surface area contributed by atoms with Gasteiger partial charge in [0.05, 0.1) is 6.26 Å². The minimum atomic E-state index is 0.604. The van der Waals surface area contributed by atoms with Gasteiger partial charge >= 0.3 is 0 Å². The summed E-state index contributed by atoms with van der Waals surface area (Å²) in [6.07, 6.45) is 4.02. The van der Waals surface area contributed by atoms with Crippen LogP contribution in [0.2, 0.25) is 0 Å². The minimum absolute atomic E-state index is 0.604. The van der Waals surface area contributed by atoms with Crippen LogP contribution in [-0.4, -0.2) is 19.6 Å². The topological polar surface area (TPSA) is 51.2 Å². The van der Waals surface area contributed by atoms with E-state index in [0.29, 0.717) is 5.92 Å². The van der Waals surface area contributed by atoms with Crippen molar-refractivity contribution in [3.63, 3.8) is 0 Å². The highest BCUT2D eigenvalue weighted by Crippen LogP contribution is 2.20. The van der Waals surface area contributed by atoms with Crippen LogP contribution in [0.15, 0.2) is 34.9 Å². The van der Waals surface area contributed by atoms with Crippen molar-refractivity contribution in [1.82, 2.24) is 5.32 Å². The van der Waals surface area contributed by atoms with Gasteiger partial charge in [0.15, 0.2) is 0 Å². The van der Waals surface area contributed by atoms with Crippen molar-refractivity contribution in [2.75, 3.05) is 19.6 Å². The zero-order chi connectivity index (χ0) is 12.8. The van der Waals surface area contributed by atoms with Gasteiger partial charge in [0.2, 0.25) is 0 Å². The molecule has 2 rings (SSSR count). The summed E-state index contributed by atoms with van der Waals surface area (Å²) in [5.41, 5.74) is 7.84. The molecule has 0 saturated carbocycles. The number of fused-ring (bicyclic) bond motifs is 1. The largest absolute Gasteiger partial charge is 0.464 e. The SMILES string of the molecule is CC(CN)CCNCCc1coc2ccccc12. The molecule has 3 nitrogen and oxygen atoms in total. The van der Waals surface area contributed by atoms with Crippen LogP contribution in [-0.2, 0) is 6.42 Å².